The number of halogens is 3. The van der Waals surface area contributed by atoms with Crippen LogP contribution in [0.5, 0.6) is 5.75 Å². The molecule has 18 heavy (non-hydrogen) atoms. The SMILES string of the molecule is Clc1ccc(Cl)c(OCc2[c-]cccc2)c1.[Br-].[Mg+2]. The Hall–Kier alpha value is 0.0662. The van der Waals surface area contributed by atoms with Crippen LogP contribution in [-0.4, -0.2) is 23.1 Å². The molecule has 0 fully saturated rings. The second-order valence-electron chi connectivity index (χ2n) is 3.25. The molecule has 0 N–H and O–H groups in total. The topological polar surface area (TPSA) is 9.23 Å². The Morgan fingerprint density at radius 2 is 1.89 bits per heavy atom. The molecule has 2 aromatic rings. The fourth-order valence-electron chi connectivity index (χ4n) is 1.26. The largest absolute Gasteiger partial charge is 2.00 e. The van der Waals surface area contributed by atoms with Gasteiger partial charge in [-0.1, -0.05) is 23.2 Å². The minimum Gasteiger partial charge on any atom is -1.00 e. The third-order valence-corrected chi connectivity index (χ3v) is 2.60. The fraction of sp³-hybridized carbons (Fsp3) is 0.0769. The zero-order chi connectivity index (χ0) is 11.4. The van der Waals surface area contributed by atoms with E-state index in [1.165, 1.54) is 0 Å². The van der Waals surface area contributed by atoms with Crippen LogP contribution in [0.1, 0.15) is 5.56 Å². The van der Waals surface area contributed by atoms with Gasteiger partial charge in [0.15, 0.2) is 0 Å². The molecule has 1 nitrogen and oxygen atoms in total. The summed E-state index contributed by atoms with van der Waals surface area (Å²) in [5, 5.41) is 1.16. The maximum absolute atomic E-state index is 5.97. The second-order valence-corrected chi connectivity index (χ2v) is 4.09. The fourth-order valence-corrected chi connectivity index (χ4v) is 1.60. The van der Waals surface area contributed by atoms with Gasteiger partial charge in [0.1, 0.15) is 5.75 Å². The third kappa shape index (κ3) is 5.37. The van der Waals surface area contributed by atoms with E-state index >= 15 is 0 Å². The zero-order valence-corrected chi connectivity index (χ0v) is 14.0. The van der Waals surface area contributed by atoms with Crippen LogP contribution < -0.4 is 21.7 Å². The number of ether oxygens (including phenoxy) is 1. The molecule has 2 aromatic carbocycles. The van der Waals surface area contributed by atoms with Crippen molar-refractivity contribution in [2.75, 3.05) is 0 Å². The first-order chi connectivity index (χ1) is 7.75. The predicted molar refractivity (Wildman–Crippen MR) is 71.8 cm³/mol. The minimum absolute atomic E-state index is 0. The zero-order valence-electron chi connectivity index (χ0n) is 9.50. The molecule has 2 rings (SSSR count). The quantitative estimate of drug-likeness (QED) is 0.589. The molecule has 0 saturated carbocycles. The summed E-state index contributed by atoms with van der Waals surface area (Å²) in [7, 11) is 0. The van der Waals surface area contributed by atoms with Crippen molar-refractivity contribution in [2.45, 2.75) is 6.61 Å². The van der Waals surface area contributed by atoms with Gasteiger partial charge >= 0.3 is 23.1 Å². The summed E-state index contributed by atoms with van der Waals surface area (Å²) in [5.41, 5.74) is 0.971. The van der Waals surface area contributed by atoms with E-state index in [9.17, 15) is 0 Å². The molecule has 0 aliphatic carbocycles. The van der Waals surface area contributed by atoms with Gasteiger partial charge in [-0.15, -0.1) is 5.56 Å². The van der Waals surface area contributed by atoms with Crippen molar-refractivity contribution >= 4 is 46.3 Å². The second kappa shape index (κ2) is 9.05. The molecule has 0 radical (unpaired) electrons. The van der Waals surface area contributed by atoms with Gasteiger partial charge in [-0.2, -0.15) is 30.3 Å². The Kier molecular flexibility index (Phi) is 9.08. The van der Waals surface area contributed by atoms with Gasteiger partial charge in [0, 0.05) is 11.1 Å². The molecular formula is C13H9BrCl2MgO. The van der Waals surface area contributed by atoms with E-state index in [4.69, 9.17) is 27.9 Å². The smallest absolute Gasteiger partial charge is 1.00 e. The van der Waals surface area contributed by atoms with E-state index in [0.717, 1.165) is 5.56 Å². The first-order valence-corrected chi connectivity index (χ1v) is 5.55. The van der Waals surface area contributed by atoms with Gasteiger partial charge in [0.2, 0.25) is 0 Å². The summed E-state index contributed by atoms with van der Waals surface area (Å²) in [6.07, 6.45) is 0. The van der Waals surface area contributed by atoms with Gasteiger partial charge in [-0.3, -0.25) is 0 Å². The van der Waals surface area contributed by atoms with E-state index in [1.54, 1.807) is 18.2 Å². The summed E-state index contributed by atoms with van der Waals surface area (Å²) in [4.78, 5) is 0. The van der Waals surface area contributed by atoms with Crippen molar-refractivity contribution in [3.05, 3.63) is 64.1 Å². The van der Waals surface area contributed by atoms with Crippen molar-refractivity contribution < 1.29 is 21.7 Å². The van der Waals surface area contributed by atoms with E-state index in [-0.39, 0.29) is 40.0 Å². The predicted octanol–water partition coefficient (Wildman–Crippen LogP) is 0.996. The molecule has 0 bridgehead atoms. The number of hydrogen-bond acceptors (Lipinski definition) is 1. The average Bonchev–Trinajstić information content (AvgIpc) is 2.32. The van der Waals surface area contributed by atoms with Crippen molar-refractivity contribution in [1.29, 1.82) is 0 Å². The Bertz CT molecular complexity index is 480. The number of rotatable bonds is 3. The van der Waals surface area contributed by atoms with Gasteiger partial charge < -0.3 is 21.7 Å². The van der Waals surface area contributed by atoms with Gasteiger partial charge in [0.25, 0.3) is 0 Å². The summed E-state index contributed by atoms with van der Waals surface area (Å²) >= 11 is 11.8. The van der Waals surface area contributed by atoms with Gasteiger partial charge in [0.05, 0.1) is 11.6 Å². The Morgan fingerprint density at radius 3 is 2.56 bits per heavy atom. The molecule has 0 heterocycles. The average molecular weight is 356 g/mol. The Balaban J connectivity index is 0.00000144. The van der Waals surface area contributed by atoms with Crippen molar-refractivity contribution in [2.24, 2.45) is 0 Å². The minimum atomic E-state index is 0. The van der Waals surface area contributed by atoms with Crippen LogP contribution in [0.3, 0.4) is 0 Å². The molecule has 0 aliphatic rings. The van der Waals surface area contributed by atoms with E-state index < -0.39 is 0 Å². The molecule has 90 valence electrons. The molecule has 0 atom stereocenters. The van der Waals surface area contributed by atoms with Crippen molar-refractivity contribution in [3.8, 4) is 5.75 Å². The van der Waals surface area contributed by atoms with Gasteiger partial charge in [-0.25, -0.2) is 0 Å². The standard InChI is InChI=1S/C13H9Cl2O.BrH.Mg/c14-11-6-7-12(15)13(8-11)16-9-10-4-2-1-3-5-10;;/h1-4,6-8H,9H2;1H;/q-1;;+2/p-1. The number of hydrogen-bond donors (Lipinski definition) is 0. The molecular weight excluding hydrogens is 347 g/mol. The summed E-state index contributed by atoms with van der Waals surface area (Å²) in [6.45, 7) is 0.431. The molecule has 0 spiro atoms. The Labute approximate surface area is 143 Å². The maximum atomic E-state index is 5.97. The number of benzene rings is 2. The Morgan fingerprint density at radius 1 is 1.11 bits per heavy atom. The normalized spacial score (nSPS) is 9.00. The van der Waals surface area contributed by atoms with Crippen LogP contribution in [0.15, 0.2) is 42.5 Å². The summed E-state index contributed by atoms with van der Waals surface area (Å²) in [5.74, 6) is 0.589. The van der Waals surface area contributed by atoms with Crippen LogP contribution >= 0.6 is 23.2 Å². The summed E-state index contributed by atoms with van der Waals surface area (Å²) in [6, 6.07) is 15.9. The molecule has 0 saturated heterocycles. The van der Waals surface area contributed by atoms with Crippen molar-refractivity contribution in [3.63, 3.8) is 0 Å². The molecule has 0 unspecified atom stereocenters. The van der Waals surface area contributed by atoms with Gasteiger partial charge in [-0.05, 0) is 12.1 Å². The van der Waals surface area contributed by atoms with E-state index in [0.29, 0.717) is 22.4 Å². The van der Waals surface area contributed by atoms with Crippen LogP contribution in [0.4, 0.5) is 0 Å². The van der Waals surface area contributed by atoms with Crippen LogP contribution in [0, 0.1) is 6.07 Å². The van der Waals surface area contributed by atoms with Crippen LogP contribution in [0.25, 0.3) is 0 Å². The maximum Gasteiger partial charge on any atom is 2.00 e. The van der Waals surface area contributed by atoms with E-state index in [2.05, 4.69) is 6.07 Å². The molecule has 5 heteroatoms. The molecule has 0 aromatic heterocycles. The monoisotopic (exact) mass is 354 g/mol. The first kappa shape index (κ1) is 18.1. The van der Waals surface area contributed by atoms with E-state index in [1.807, 2.05) is 24.3 Å². The molecule has 0 aliphatic heterocycles. The first-order valence-electron chi connectivity index (χ1n) is 4.79. The van der Waals surface area contributed by atoms with Crippen LogP contribution in [-0.2, 0) is 6.61 Å². The third-order valence-electron chi connectivity index (χ3n) is 2.05. The molecule has 0 amide bonds. The summed E-state index contributed by atoms with van der Waals surface area (Å²) < 4.78 is 5.56. The van der Waals surface area contributed by atoms with Crippen molar-refractivity contribution in [1.82, 2.24) is 0 Å². The van der Waals surface area contributed by atoms with Crippen LogP contribution in [0.2, 0.25) is 10.0 Å².